The monoisotopic (exact) mass is 333 g/mol. The van der Waals surface area contributed by atoms with Crippen LogP contribution in [-0.2, 0) is 4.79 Å². The number of carboxylic acid groups (broad SMARTS) is 1. The van der Waals surface area contributed by atoms with E-state index in [0.717, 1.165) is 24.7 Å². The number of rotatable bonds is 2. The van der Waals surface area contributed by atoms with Gasteiger partial charge >= 0.3 is 0 Å². The zero-order valence-corrected chi connectivity index (χ0v) is 14.9. The van der Waals surface area contributed by atoms with Crippen LogP contribution in [0, 0.1) is 5.92 Å². The third kappa shape index (κ3) is 4.87. The van der Waals surface area contributed by atoms with Crippen molar-refractivity contribution in [1.29, 1.82) is 0 Å². The van der Waals surface area contributed by atoms with Crippen LogP contribution in [0.25, 0.3) is 0 Å². The fourth-order valence-corrected chi connectivity index (χ4v) is 3.68. The lowest BCUT2D eigenvalue weighted by Crippen LogP contribution is -2.33. The van der Waals surface area contributed by atoms with Gasteiger partial charge in [0.2, 0.25) is 0 Å². The molecular formula is C19H31N3O2. The lowest BCUT2D eigenvalue weighted by atomic mass is 9.89. The number of likely N-dealkylation sites (tertiary alicyclic amines) is 1. The molecule has 0 amide bonds. The summed E-state index contributed by atoms with van der Waals surface area (Å²) in [7, 11) is 2.22. The quantitative estimate of drug-likeness (QED) is 0.643. The SMILES string of the molecule is CC1CCN(c2cc(C3CCN(C)CC3)ccc2N)CC1.O=CO. The molecule has 5 nitrogen and oxygen atoms in total. The average molecular weight is 333 g/mol. The van der Waals surface area contributed by atoms with E-state index in [1.54, 1.807) is 0 Å². The number of benzene rings is 1. The molecule has 0 aromatic heterocycles. The molecule has 2 fully saturated rings. The molecule has 0 atom stereocenters. The molecule has 1 aromatic rings. The number of hydrogen-bond acceptors (Lipinski definition) is 4. The number of hydrogen-bond donors (Lipinski definition) is 2. The molecule has 0 aliphatic carbocycles. The van der Waals surface area contributed by atoms with E-state index in [4.69, 9.17) is 15.6 Å². The first kappa shape index (κ1) is 18.6. The Morgan fingerprint density at radius 2 is 1.71 bits per heavy atom. The number of nitrogens with two attached hydrogens (primary N) is 1. The minimum absolute atomic E-state index is 0.250. The fourth-order valence-electron chi connectivity index (χ4n) is 3.68. The standard InChI is InChI=1S/C18H29N3.CH2O2/c1-14-5-11-21(12-6-14)18-13-16(3-4-17(18)19)15-7-9-20(2)10-8-15;2-1-3/h3-4,13-15H,5-12,19H2,1-2H3;1H,(H,2,3). The maximum atomic E-state index is 8.36. The van der Waals surface area contributed by atoms with E-state index in [2.05, 4.69) is 42.0 Å². The van der Waals surface area contributed by atoms with Crippen LogP contribution in [0.15, 0.2) is 18.2 Å². The van der Waals surface area contributed by atoms with Gasteiger partial charge < -0.3 is 20.6 Å². The maximum absolute atomic E-state index is 8.36. The van der Waals surface area contributed by atoms with Gasteiger partial charge in [-0.25, -0.2) is 0 Å². The van der Waals surface area contributed by atoms with Gasteiger partial charge in [0.25, 0.3) is 6.47 Å². The molecule has 0 radical (unpaired) electrons. The number of piperidine rings is 2. The zero-order valence-electron chi connectivity index (χ0n) is 14.9. The summed E-state index contributed by atoms with van der Waals surface area (Å²) in [6, 6.07) is 6.75. The van der Waals surface area contributed by atoms with E-state index in [-0.39, 0.29) is 6.47 Å². The molecule has 0 saturated carbocycles. The van der Waals surface area contributed by atoms with Gasteiger partial charge in [0.05, 0.1) is 11.4 Å². The first-order valence-corrected chi connectivity index (χ1v) is 8.96. The number of nitrogens with zero attached hydrogens (tertiary/aromatic N) is 2. The van der Waals surface area contributed by atoms with Crippen molar-refractivity contribution in [3.63, 3.8) is 0 Å². The Hall–Kier alpha value is -1.75. The lowest BCUT2D eigenvalue weighted by Gasteiger charge is -2.34. The van der Waals surface area contributed by atoms with Crippen LogP contribution in [-0.4, -0.2) is 49.7 Å². The van der Waals surface area contributed by atoms with Gasteiger partial charge in [-0.3, -0.25) is 4.79 Å². The highest BCUT2D eigenvalue weighted by atomic mass is 16.3. The second-order valence-corrected chi connectivity index (χ2v) is 7.17. The predicted octanol–water partition coefficient (Wildman–Crippen LogP) is 3.02. The molecule has 134 valence electrons. The number of carbonyl (C=O) groups is 1. The van der Waals surface area contributed by atoms with Crippen molar-refractivity contribution in [2.75, 3.05) is 43.9 Å². The summed E-state index contributed by atoms with van der Waals surface area (Å²) in [6.45, 7) is 6.84. The van der Waals surface area contributed by atoms with Crippen LogP contribution in [0.5, 0.6) is 0 Å². The van der Waals surface area contributed by atoms with Gasteiger partial charge in [0.1, 0.15) is 0 Å². The Morgan fingerprint density at radius 1 is 1.12 bits per heavy atom. The Kier molecular flexibility index (Phi) is 6.91. The Labute approximate surface area is 145 Å². The molecule has 0 bridgehead atoms. The van der Waals surface area contributed by atoms with Crippen molar-refractivity contribution in [1.82, 2.24) is 4.90 Å². The summed E-state index contributed by atoms with van der Waals surface area (Å²) in [5.74, 6) is 1.57. The van der Waals surface area contributed by atoms with E-state index >= 15 is 0 Å². The molecular weight excluding hydrogens is 302 g/mol. The topological polar surface area (TPSA) is 69.8 Å². The minimum atomic E-state index is -0.250. The third-order valence-corrected chi connectivity index (χ3v) is 5.37. The maximum Gasteiger partial charge on any atom is 0.290 e. The Balaban J connectivity index is 0.000000647. The van der Waals surface area contributed by atoms with Gasteiger partial charge in [-0.2, -0.15) is 0 Å². The summed E-state index contributed by atoms with van der Waals surface area (Å²) >= 11 is 0. The van der Waals surface area contributed by atoms with Crippen molar-refractivity contribution in [2.24, 2.45) is 5.92 Å². The molecule has 1 aromatic carbocycles. The molecule has 5 heteroatoms. The van der Waals surface area contributed by atoms with Gasteiger partial charge in [0, 0.05) is 13.1 Å². The number of anilines is 2. The highest BCUT2D eigenvalue weighted by Crippen LogP contribution is 2.34. The Bertz CT molecular complexity index is 519. The second-order valence-electron chi connectivity index (χ2n) is 7.17. The van der Waals surface area contributed by atoms with Crippen molar-refractivity contribution in [3.8, 4) is 0 Å². The molecule has 3 rings (SSSR count). The molecule has 24 heavy (non-hydrogen) atoms. The van der Waals surface area contributed by atoms with E-state index in [1.807, 2.05) is 0 Å². The summed E-state index contributed by atoms with van der Waals surface area (Å²) in [4.78, 5) is 13.3. The fraction of sp³-hybridized carbons (Fsp3) is 0.632. The second kappa shape index (κ2) is 8.92. The van der Waals surface area contributed by atoms with Gasteiger partial charge in [-0.15, -0.1) is 0 Å². The van der Waals surface area contributed by atoms with E-state index < -0.39 is 0 Å². The first-order chi connectivity index (χ1) is 11.5. The molecule has 0 spiro atoms. The van der Waals surface area contributed by atoms with Gasteiger partial charge in [-0.1, -0.05) is 13.0 Å². The normalized spacial score (nSPS) is 20.3. The summed E-state index contributed by atoms with van der Waals surface area (Å²) in [6.07, 6.45) is 5.13. The van der Waals surface area contributed by atoms with Crippen molar-refractivity contribution in [3.05, 3.63) is 23.8 Å². The lowest BCUT2D eigenvalue weighted by molar-refractivity contribution is -0.122. The molecule has 2 aliphatic rings. The van der Waals surface area contributed by atoms with E-state index in [0.29, 0.717) is 5.92 Å². The van der Waals surface area contributed by atoms with E-state index in [9.17, 15) is 0 Å². The third-order valence-electron chi connectivity index (χ3n) is 5.37. The highest BCUT2D eigenvalue weighted by molar-refractivity contribution is 5.69. The van der Waals surface area contributed by atoms with Crippen molar-refractivity contribution in [2.45, 2.75) is 38.5 Å². The summed E-state index contributed by atoms with van der Waals surface area (Å²) in [5.41, 5.74) is 9.97. The summed E-state index contributed by atoms with van der Waals surface area (Å²) < 4.78 is 0. The predicted molar refractivity (Wildman–Crippen MR) is 99.6 cm³/mol. The molecule has 3 N–H and O–H groups in total. The highest BCUT2D eigenvalue weighted by Gasteiger charge is 2.22. The van der Waals surface area contributed by atoms with Crippen molar-refractivity contribution >= 4 is 17.8 Å². The first-order valence-electron chi connectivity index (χ1n) is 8.96. The summed E-state index contributed by atoms with van der Waals surface area (Å²) in [5, 5.41) is 6.89. The largest absolute Gasteiger partial charge is 0.483 e. The smallest absolute Gasteiger partial charge is 0.290 e. The van der Waals surface area contributed by atoms with Crippen LogP contribution >= 0.6 is 0 Å². The van der Waals surface area contributed by atoms with Crippen LogP contribution in [0.2, 0.25) is 0 Å². The molecule has 2 heterocycles. The average Bonchev–Trinajstić information content (AvgIpc) is 2.58. The minimum Gasteiger partial charge on any atom is -0.483 e. The van der Waals surface area contributed by atoms with Crippen LogP contribution in [0.3, 0.4) is 0 Å². The van der Waals surface area contributed by atoms with Gasteiger partial charge in [-0.05, 0) is 75.4 Å². The van der Waals surface area contributed by atoms with Crippen LogP contribution in [0.1, 0.15) is 44.1 Å². The van der Waals surface area contributed by atoms with Crippen molar-refractivity contribution < 1.29 is 9.90 Å². The zero-order chi connectivity index (χ0) is 17.5. The van der Waals surface area contributed by atoms with Crippen LogP contribution in [0.4, 0.5) is 11.4 Å². The van der Waals surface area contributed by atoms with Crippen LogP contribution < -0.4 is 10.6 Å². The number of nitrogen functional groups attached to an aromatic ring is 1. The van der Waals surface area contributed by atoms with E-state index in [1.165, 1.54) is 50.0 Å². The molecule has 0 unspecified atom stereocenters. The molecule has 2 aliphatic heterocycles. The van der Waals surface area contributed by atoms with Gasteiger partial charge in [0.15, 0.2) is 0 Å². The molecule has 2 saturated heterocycles. The Morgan fingerprint density at radius 3 is 2.29 bits per heavy atom.